The van der Waals surface area contributed by atoms with E-state index in [1.807, 2.05) is 9.80 Å². The molecule has 2 saturated heterocycles. The second-order valence-corrected chi connectivity index (χ2v) is 8.06. The Morgan fingerprint density at radius 2 is 1.93 bits per heavy atom. The summed E-state index contributed by atoms with van der Waals surface area (Å²) in [5.41, 5.74) is 1.03. The molecule has 8 nitrogen and oxygen atoms in total. The molecule has 0 aromatic carbocycles. The SMILES string of the molecule is COCc1c(C(=O)N(C2CCOCC2)C2CCN(C(=O)C3CC3)C2)noc1C. The monoisotopic (exact) mass is 391 g/mol. The molecule has 3 heterocycles. The van der Waals surface area contributed by atoms with Crippen molar-refractivity contribution in [1.82, 2.24) is 15.0 Å². The van der Waals surface area contributed by atoms with Gasteiger partial charge in [0.1, 0.15) is 5.76 Å². The van der Waals surface area contributed by atoms with Crippen molar-refractivity contribution in [3.05, 3.63) is 17.0 Å². The van der Waals surface area contributed by atoms with Crippen LogP contribution in [-0.4, -0.2) is 72.3 Å². The summed E-state index contributed by atoms with van der Waals surface area (Å²) in [4.78, 5) is 30.0. The molecule has 28 heavy (non-hydrogen) atoms. The van der Waals surface area contributed by atoms with Gasteiger partial charge in [-0.2, -0.15) is 0 Å². The Balaban J connectivity index is 1.57. The smallest absolute Gasteiger partial charge is 0.276 e. The van der Waals surface area contributed by atoms with Crippen LogP contribution in [-0.2, 0) is 20.9 Å². The van der Waals surface area contributed by atoms with Gasteiger partial charge < -0.3 is 23.8 Å². The fraction of sp³-hybridized carbons (Fsp3) is 0.750. The van der Waals surface area contributed by atoms with Gasteiger partial charge in [0.15, 0.2) is 5.69 Å². The third-order valence-electron chi connectivity index (χ3n) is 6.09. The van der Waals surface area contributed by atoms with Crippen molar-refractivity contribution in [1.29, 1.82) is 0 Å². The summed E-state index contributed by atoms with van der Waals surface area (Å²) in [5, 5.41) is 4.06. The third kappa shape index (κ3) is 3.80. The molecule has 0 N–H and O–H groups in total. The average Bonchev–Trinajstić information content (AvgIpc) is 3.35. The number of carbonyl (C=O) groups excluding carboxylic acids is 2. The van der Waals surface area contributed by atoms with E-state index in [9.17, 15) is 9.59 Å². The third-order valence-corrected chi connectivity index (χ3v) is 6.09. The Bertz CT molecular complexity index is 723. The van der Waals surface area contributed by atoms with E-state index in [4.69, 9.17) is 14.0 Å². The van der Waals surface area contributed by atoms with Crippen LogP contribution in [0.15, 0.2) is 4.52 Å². The maximum atomic E-state index is 13.6. The van der Waals surface area contributed by atoms with Crippen LogP contribution in [0.25, 0.3) is 0 Å². The number of nitrogens with zero attached hydrogens (tertiary/aromatic N) is 3. The molecule has 1 atom stereocenters. The lowest BCUT2D eigenvalue weighted by Gasteiger charge is -2.38. The summed E-state index contributed by atoms with van der Waals surface area (Å²) in [6.07, 6.45) is 4.41. The molecular formula is C20H29N3O5. The number of methoxy groups -OCH3 is 1. The van der Waals surface area contributed by atoms with Crippen molar-refractivity contribution in [2.75, 3.05) is 33.4 Å². The number of aryl methyl sites for hydroxylation is 1. The number of amides is 2. The minimum Gasteiger partial charge on any atom is -0.381 e. The van der Waals surface area contributed by atoms with Crippen LogP contribution in [0.4, 0.5) is 0 Å². The van der Waals surface area contributed by atoms with E-state index in [1.54, 1.807) is 14.0 Å². The van der Waals surface area contributed by atoms with Crippen LogP contribution in [0, 0.1) is 12.8 Å². The number of hydrogen-bond donors (Lipinski definition) is 0. The quantitative estimate of drug-likeness (QED) is 0.735. The largest absolute Gasteiger partial charge is 0.381 e. The highest BCUT2D eigenvalue weighted by Gasteiger charge is 2.42. The predicted molar refractivity (Wildman–Crippen MR) is 99.7 cm³/mol. The molecule has 1 aromatic heterocycles. The van der Waals surface area contributed by atoms with E-state index in [2.05, 4.69) is 5.16 Å². The molecule has 8 heteroatoms. The number of carbonyl (C=O) groups is 2. The first kappa shape index (κ1) is 19.4. The highest BCUT2D eigenvalue weighted by atomic mass is 16.5. The van der Waals surface area contributed by atoms with Crippen molar-refractivity contribution in [2.45, 2.75) is 57.7 Å². The normalized spacial score (nSPS) is 23.2. The van der Waals surface area contributed by atoms with Crippen LogP contribution in [0.2, 0.25) is 0 Å². The van der Waals surface area contributed by atoms with Crippen molar-refractivity contribution in [3.8, 4) is 0 Å². The second-order valence-electron chi connectivity index (χ2n) is 8.06. The van der Waals surface area contributed by atoms with Gasteiger partial charge in [-0.1, -0.05) is 5.16 Å². The van der Waals surface area contributed by atoms with E-state index in [0.29, 0.717) is 36.8 Å². The Morgan fingerprint density at radius 1 is 1.18 bits per heavy atom. The predicted octanol–water partition coefficient (Wildman–Crippen LogP) is 1.76. The molecule has 1 aliphatic carbocycles. The first-order chi connectivity index (χ1) is 13.6. The molecule has 1 saturated carbocycles. The van der Waals surface area contributed by atoms with Gasteiger partial charge in [0.25, 0.3) is 5.91 Å². The molecule has 0 bridgehead atoms. The Hall–Kier alpha value is -1.93. The number of ether oxygens (including phenoxy) is 2. The van der Waals surface area contributed by atoms with Crippen LogP contribution in [0.1, 0.15) is 53.9 Å². The fourth-order valence-electron chi connectivity index (χ4n) is 4.35. The Labute approximate surface area is 165 Å². The summed E-state index contributed by atoms with van der Waals surface area (Å²) < 4.78 is 16.1. The van der Waals surface area contributed by atoms with Crippen LogP contribution in [0.3, 0.4) is 0 Å². The molecule has 1 unspecified atom stereocenters. The number of rotatable bonds is 6. The summed E-state index contributed by atoms with van der Waals surface area (Å²) in [6.45, 7) is 4.70. The van der Waals surface area contributed by atoms with Crippen molar-refractivity contribution >= 4 is 11.8 Å². The van der Waals surface area contributed by atoms with Gasteiger partial charge in [-0.3, -0.25) is 9.59 Å². The molecule has 2 aliphatic heterocycles. The van der Waals surface area contributed by atoms with Crippen LogP contribution >= 0.6 is 0 Å². The molecule has 3 aliphatic rings. The first-order valence-electron chi connectivity index (χ1n) is 10.2. The molecule has 3 fully saturated rings. The highest BCUT2D eigenvalue weighted by Crippen LogP contribution is 2.34. The van der Waals surface area contributed by atoms with E-state index >= 15 is 0 Å². The Kier molecular flexibility index (Phi) is 5.68. The van der Waals surface area contributed by atoms with Crippen LogP contribution < -0.4 is 0 Å². The zero-order valence-electron chi connectivity index (χ0n) is 16.7. The van der Waals surface area contributed by atoms with E-state index in [-0.39, 0.29) is 36.4 Å². The fourth-order valence-corrected chi connectivity index (χ4v) is 4.35. The van der Waals surface area contributed by atoms with Crippen LogP contribution in [0.5, 0.6) is 0 Å². The average molecular weight is 391 g/mol. The lowest BCUT2D eigenvalue weighted by Crippen LogP contribution is -2.51. The first-order valence-corrected chi connectivity index (χ1v) is 10.2. The molecule has 154 valence electrons. The second kappa shape index (κ2) is 8.21. The topological polar surface area (TPSA) is 85.1 Å². The molecule has 0 radical (unpaired) electrons. The van der Waals surface area contributed by atoms with Gasteiger partial charge in [-0.25, -0.2) is 0 Å². The Morgan fingerprint density at radius 3 is 2.61 bits per heavy atom. The zero-order valence-corrected chi connectivity index (χ0v) is 16.7. The molecular weight excluding hydrogens is 362 g/mol. The summed E-state index contributed by atoms with van der Waals surface area (Å²) in [7, 11) is 1.59. The van der Waals surface area contributed by atoms with E-state index in [1.165, 1.54) is 0 Å². The molecule has 1 aromatic rings. The van der Waals surface area contributed by atoms with Gasteiger partial charge >= 0.3 is 0 Å². The van der Waals surface area contributed by atoms with E-state index in [0.717, 1.165) is 38.6 Å². The maximum Gasteiger partial charge on any atom is 0.276 e. The molecule has 2 amide bonds. The van der Waals surface area contributed by atoms with Gasteiger partial charge in [0.05, 0.1) is 18.2 Å². The lowest BCUT2D eigenvalue weighted by molar-refractivity contribution is -0.131. The summed E-state index contributed by atoms with van der Waals surface area (Å²) in [6, 6.07) is 0.0975. The highest BCUT2D eigenvalue weighted by molar-refractivity contribution is 5.94. The summed E-state index contributed by atoms with van der Waals surface area (Å²) >= 11 is 0. The van der Waals surface area contributed by atoms with E-state index < -0.39 is 0 Å². The van der Waals surface area contributed by atoms with Gasteiger partial charge in [0, 0.05) is 45.4 Å². The van der Waals surface area contributed by atoms with Gasteiger partial charge in [-0.15, -0.1) is 0 Å². The minimum absolute atomic E-state index is 0.00528. The minimum atomic E-state index is -0.124. The standard InChI is InChI=1S/C20H29N3O5/c1-13-17(12-26-2)18(21-28-13)20(25)23(15-6-9-27-10-7-15)16-5-8-22(11-16)19(24)14-3-4-14/h14-16H,3-12H2,1-2H3. The van der Waals surface area contributed by atoms with Crippen molar-refractivity contribution in [2.24, 2.45) is 5.92 Å². The number of aromatic nitrogens is 1. The summed E-state index contributed by atoms with van der Waals surface area (Å²) in [5.74, 6) is 0.937. The van der Waals surface area contributed by atoms with Crippen molar-refractivity contribution < 1.29 is 23.6 Å². The van der Waals surface area contributed by atoms with Crippen molar-refractivity contribution in [3.63, 3.8) is 0 Å². The molecule has 4 rings (SSSR count). The van der Waals surface area contributed by atoms with Gasteiger partial charge in [0.2, 0.25) is 5.91 Å². The molecule has 0 spiro atoms. The van der Waals surface area contributed by atoms with Gasteiger partial charge in [-0.05, 0) is 39.0 Å². The maximum absolute atomic E-state index is 13.6. The lowest BCUT2D eigenvalue weighted by atomic mass is 10.0. The number of likely N-dealkylation sites (tertiary alicyclic amines) is 1. The zero-order chi connectivity index (χ0) is 19.7. The number of hydrogen-bond acceptors (Lipinski definition) is 6.